The van der Waals surface area contributed by atoms with Gasteiger partial charge in [-0.1, -0.05) is 0 Å². The molecular weight excluding hydrogens is 387 g/mol. The van der Waals surface area contributed by atoms with Gasteiger partial charge in [0.05, 0.1) is 36.2 Å². The number of ether oxygens (including phenoxy) is 2. The zero-order valence-electron chi connectivity index (χ0n) is 16.7. The quantitative estimate of drug-likeness (QED) is 0.826. The van der Waals surface area contributed by atoms with E-state index in [0.717, 1.165) is 12.3 Å². The zero-order valence-corrected chi connectivity index (χ0v) is 16.7. The summed E-state index contributed by atoms with van der Waals surface area (Å²) >= 11 is 0. The number of alkyl halides is 3. The highest BCUT2D eigenvalue weighted by Crippen LogP contribution is 2.38. The van der Waals surface area contributed by atoms with Crippen molar-refractivity contribution in [2.75, 3.05) is 37.5 Å². The summed E-state index contributed by atoms with van der Waals surface area (Å²) in [6.07, 6.45) is -3.52. The SMILES string of the molecule is COC(C)(C)c1cc(-c2cnc(N)cc2C(F)(F)F)nc(N2CCOC[C@H]2C)n1. The Labute approximate surface area is 167 Å². The third-order valence-corrected chi connectivity index (χ3v) is 4.97. The van der Waals surface area contributed by atoms with E-state index in [0.29, 0.717) is 31.4 Å². The van der Waals surface area contributed by atoms with Crippen LogP contribution in [-0.2, 0) is 21.3 Å². The van der Waals surface area contributed by atoms with Crippen molar-refractivity contribution in [2.45, 2.75) is 38.6 Å². The summed E-state index contributed by atoms with van der Waals surface area (Å²) in [6, 6.07) is 2.29. The van der Waals surface area contributed by atoms with Gasteiger partial charge >= 0.3 is 6.18 Å². The van der Waals surface area contributed by atoms with Crippen LogP contribution >= 0.6 is 0 Å². The van der Waals surface area contributed by atoms with Crippen molar-refractivity contribution in [3.05, 3.63) is 29.6 Å². The van der Waals surface area contributed by atoms with Gasteiger partial charge in [0, 0.05) is 25.4 Å². The lowest BCUT2D eigenvalue weighted by Crippen LogP contribution is -2.45. The molecule has 29 heavy (non-hydrogen) atoms. The molecule has 3 rings (SSSR count). The fourth-order valence-electron chi connectivity index (χ4n) is 3.05. The third-order valence-electron chi connectivity index (χ3n) is 4.97. The molecule has 0 saturated carbocycles. The maximum atomic E-state index is 13.7. The van der Waals surface area contributed by atoms with Gasteiger partial charge in [-0.05, 0) is 32.9 Å². The second-order valence-corrected chi connectivity index (χ2v) is 7.42. The van der Waals surface area contributed by atoms with Crippen LogP contribution in [0.5, 0.6) is 0 Å². The molecule has 1 atom stereocenters. The number of hydrogen-bond donors (Lipinski definition) is 1. The van der Waals surface area contributed by atoms with Crippen LogP contribution in [0, 0.1) is 0 Å². The van der Waals surface area contributed by atoms with Crippen LogP contribution in [0.15, 0.2) is 18.3 Å². The van der Waals surface area contributed by atoms with Crippen molar-refractivity contribution >= 4 is 11.8 Å². The van der Waals surface area contributed by atoms with Crippen LogP contribution < -0.4 is 10.6 Å². The molecule has 0 amide bonds. The van der Waals surface area contributed by atoms with E-state index in [1.165, 1.54) is 13.2 Å². The minimum absolute atomic E-state index is 0.0239. The predicted octanol–water partition coefficient (Wildman–Crippen LogP) is 3.25. The molecule has 0 bridgehead atoms. The van der Waals surface area contributed by atoms with E-state index in [4.69, 9.17) is 15.2 Å². The van der Waals surface area contributed by atoms with Crippen LogP contribution in [-0.4, -0.2) is 47.9 Å². The number of nitrogens with zero attached hydrogens (tertiary/aromatic N) is 4. The fourth-order valence-corrected chi connectivity index (χ4v) is 3.05. The molecule has 10 heteroatoms. The maximum absolute atomic E-state index is 13.7. The van der Waals surface area contributed by atoms with Gasteiger partial charge in [0.2, 0.25) is 5.95 Å². The first-order valence-electron chi connectivity index (χ1n) is 9.15. The van der Waals surface area contributed by atoms with E-state index in [1.807, 2.05) is 11.8 Å². The van der Waals surface area contributed by atoms with Crippen LogP contribution in [0.4, 0.5) is 24.9 Å². The number of pyridine rings is 1. The molecule has 0 aromatic carbocycles. The van der Waals surface area contributed by atoms with Gasteiger partial charge in [-0.25, -0.2) is 15.0 Å². The Hall–Kier alpha value is -2.46. The van der Waals surface area contributed by atoms with E-state index in [-0.39, 0.29) is 23.1 Å². The number of rotatable bonds is 4. The van der Waals surface area contributed by atoms with Crippen molar-refractivity contribution < 1.29 is 22.6 Å². The lowest BCUT2D eigenvalue weighted by molar-refractivity contribution is -0.137. The van der Waals surface area contributed by atoms with Crippen molar-refractivity contribution in [3.8, 4) is 11.3 Å². The molecule has 158 valence electrons. The highest BCUT2D eigenvalue weighted by Gasteiger charge is 2.36. The number of nitrogens with two attached hydrogens (primary N) is 1. The van der Waals surface area contributed by atoms with Crippen LogP contribution in [0.25, 0.3) is 11.3 Å². The Kier molecular flexibility index (Phi) is 5.68. The Bertz CT molecular complexity index is 889. The molecular formula is C19H24F3N5O2. The standard InChI is InChI=1S/C19H24F3N5O2/c1-11-10-29-6-5-27(11)17-25-14(8-15(26-17)18(2,3)28-4)12-9-24-16(23)7-13(12)19(20,21)22/h7-9,11H,5-6,10H2,1-4H3,(H2,23,24)/t11-/m1/s1. The summed E-state index contributed by atoms with van der Waals surface area (Å²) in [6.45, 7) is 7.02. The molecule has 1 aliphatic rings. The Balaban J connectivity index is 2.22. The molecule has 0 aliphatic carbocycles. The normalized spacial score (nSPS) is 18.2. The highest BCUT2D eigenvalue weighted by molar-refractivity contribution is 5.67. The number of nitrogen functional groups attached to an aromatic ring is 1. The Morgan fingerprint density at radius 3 is 2.59 bits per heavy atom. The summed E-state index contributed by atoms with van der Waals surface area (Å²) in [5.41, 5.74) is 4.18. The molecule has 2 N–H and O–H groups in total. The molecule has 0 unspecified atom stereocenters. The van der Waals surface area contributed by atoms with Gasteiger partial charge < -0.3 is 20.1 Å². The maximum Gasteiger partial charge on any atom is 0.417 e. The third kappa shape index (κ3) is 4.43. The summed E-state index contributed by atoms with van der Waals surface area (Å²) < 4.78 is 51.9. The van der Waals surface area contributed by atoms with E-state index in [1.54, 1.807) is 13.8 Å². The number of methoxy groups -OCH3 is 1. The van der Waals surface area contributed by atoms with Crippen molar-refractivity contribution in [1.82, 2.24) is 15.0 Å². The average molecular weight is 411 g/mol. The molecule has 7 nitrogen and oxygen atoms in total. The van der Waals surface area contributed by atoms with E-state index < -0.39 is 17.3 Å². The molecule has 1 aliphatic heterocycles. The number of anilines is 2. The molecule has 2 aromatic heterocycles. The molecule has 0 radical (unpaired) electrons. The monoisotopic (exact) mass is 411 g/mol. The Morgan fingerprint density at radius 2 is 1.97 bits per heavy atom. The summed E-state index contributed by atoms with van der Waals surface area (Å²) in [5.74, 6) is 0.109. The second-order valence-electron chi connectivity index (χ2n) is 7.42. The second kappa shape index (κ2) is 7.75. The molecule has 1 fully saturated rings. The zero-order chi connectivity index (χ0) is 21.4. The minimum atomic E-state index is -4.61. The largest absolute Gasteiger partial charge is 0.417 e. The van der Waals surface area contributed by atoms with Crippen LogP contribution in [0.3, 0.4) is 0 Å². The predicted molar refractivity (Wildman–Crippen MR) is 102 cm³/mol. The van der Waals surface area contributed by atoms with Crippen molar-refractivity contribution in [2.24, 2.45) is 0 Å². The summed E-state index contributed by atoms with van der Waals surface area (Å²) in [4.78, 5) is 14.8. The first-order chi connectivity index (χ1) is 13.5. The Morgan fingerprint density at radius 1 is 1.24 bits per heavy atom. The minimum Gasteiger partial charge on any atom is -0.384 e. The highest BCUT2D eigenvalue weighted by atomic mass is 19.4. The van der Waals surface area contributed by atoms with Crippen LogP contribution in [0.1, 0.15) is 32.0 Å². The van der Waals surface area contributed by atoms with E-state index >= 15 is 0 Å². The van der Waals surface area contributed by atoms with Crippen molar-refractivity contribution in [1.29, 1.82) is 0 Å². The van der Waals surface area contributed by atoms with Gasteiger partial charge in [0.1, 0.15) is 11.4 Å². The lowest BCUT2D eigenvalue weighted by atomic mass is 10.0. The first kappa shape index (κ1) is 21.3. The topological polar surface area (TPSA) is 86.4 Å². The van der Waals surface area contributed by atoms with Gasteiger partial charge in [-0.3, -0.25) is 0 Å². The first-order valence-corrected chi connectivity index (χ1v) is 9.15. The van der Waals surface area contributed by atoms with Gasteiger partial charge in [-0.2, -0.15) is 13.2 Å². The summed E-state index contributed by atoms with van der Waals surface area (Å²) in [7, 11) is 1.52. The smallest absolute Gasteiger partial charge is 0.384 e. The molecule has 0 spiro atoms. The molecule has 3 heterocycles. The lowest BCUT2D eigenvalue weighted by Gasteiger charge is -2.34. The molecule has 1 saturated heterocycles. The van der Waals surface area contributed by atoms with E-state index in [9.17, 15) is 13.2 Å². The number of morpholine rings is 1. The fraction of sp³-hybridized carbons (Fsp3) is 0.526. The van der Waals surface area contributed by atoms with Gasteiger partial charge in [0.15, 0.2) is 0 Å². The van der Waals surface area contributed by atoms with E-state index in [2.05, 4.69) is 15.0 Å². The van der Waals surface area contributed by atoms with Gasteiger partial charge in [-0.15, -0.1) is 0 Å². The number of aromatic nitrogens is 3. The van der Waals surface area contributed by atoms with Gasteiger partial charge in [0.25, 0.3) is 0 Å². The molecule has 2 aromatic rings. The van der Waals surface area contributed by atoms with Crippen molar-refractivity contribution in [3.63, 3.8) is 0 Å². The summed E-state index contributed by atoms with van der Waals surface area (Å²) in [5, 5.41) is 0. The average Bonchev–Trinajstić information content (AvgIpc) is 2.67. The van der Waals surface area contributed by atoms with Crippen LogP contribution in [0.2, 0.25) is 0 Å². The number of hydrogen-bond acceptors (Lipinski definition) is 7. The number of halogens is 3.